The van der Waals surface area contributed by atoms with Gasteiger partial charge < -0.3 is 4.90 Å². The van der Waals surface area contributed by atoms with Crippen LogP contribution in [0.15, 0.2) is 0 Å². The van der Waals surface area contributed by atoms with Gasteiger partial charge in [-0.3, -0.25) is 4.79 Å². The van der Waals surface area contributed by atoms with E-state index in [1.165, 1.54) is 6.42 Å². The predicted octanol–water partition coefficient (Wildman–Crippen LogP) is 0.264. The Labute approximate surface area is 95.0 Å². The molecule has 1 amide bonds. The molecule has 0 aromatic heterocycles. The molecule has 4 heteroatoms. The van der Waals surface area contributed by atoms with Crippen LogP contribution < -0.4 is 0 Å². The second-order valence-electron chi connectivity index (χ2n) is 2.78. The molecule has 0 aliphatic carbocycles. The number of hydrogen-bond donors (Lipinski definition) is 0. The van der Waals surface area contributed by atoms with Gasteiger partial charge >= 0.3 is 29.6 Å². The van der Waals surface area contributed by atoms with Crippen molar-refractivity contribution < 1.29 is 4.79 Å². The number of amides is 1. The Hall–Kier alpha value is -0.0400. The van der Waals surface area contributed by atoms with E-state index in [1.54, 1.807) is 4.90 Å². The first-order valence-electron chi connectivity index (χ1n) is 3.99. The zero-order valence-electron chi connectivity index (χ0n) is 6.55. The number of nitriles is 1. The number of carbonyl (C=O) groups excluding carboxylic acids is 1. The molecular formula is C8H13N2NaO. The van der Waals surface area contributed by atoms with Crippen molar-refractivity contribution in [2.24, 2.45) is 0 Å². The van der Waals surface area contributed by atoms with Crippen molar-refractivity contribution in [3.8, 4) is 6.07 Å². The van der Waals surface area contributed by atoms with Crippen LogP contribution in [0.25, 0.3) is 0 Å². The van der Waals surface area contributed by atoms with Gasteiger partial charge in [-0.1, -0.05) is 0 Å². The van der Waals surface area contributed by atoms with Crippen LogP contribution in [-0.4, -0.2) is 53.5 Å². The average Bonchev–Trinajstić information content (AvgIpc) is 2.07. The fourth-order valence-electron chi connectivity index (χ4n) is 1.32. The third kappa shape index (κ3) is 3.57. The number of hydrogen-bond acceptors (Lipinski definition) is 2. The molecular weight excluding hydrogens is 163 g/mol. The monoisotopic (exact) mass is 176 g/mol. The van der Waals surface area contributed by atoms with Crippen LogP contribution in [-0.2, 0) is 4.79 Å². The van der Waals surface area contributed by atoms with Gasteiger partial charge in [-0.25, -0.2) is 0 Å². The third-order valence-electron chi connectivity index (χ3n) is 1.94. The van der Waals surface area contributed by atoms with Gasteiger partial charge in [0.25, 0.3) is 0 Å². The van der Waals surface area contributed by atoms with Gasteiger partial charge in [-0.15, -0.1) is 0 Å². The Balaban J connectivity index is 0.00000121. The van der Waals surface area contributed by atoms with Crippen LogP contribution in [0.4, 0.5) is 0 Å². The summed E-state index contributed by atoms with van der Waals surface area (Å²) in [5.74, 6) is -0.00722. The summed E-state index contributed by atoms with van der Waals surface area (Å²) >= 11 is 0. The molecule has 0 aromatic rings. The van der Waals surface area contributed by atoms with Crippen LogP contribution in [0, 0.1) is 11.3 Å². The number of piperidine rings is 1. The Morgan fingerprint density at radius 3 is 2.42 bits per heavy atom. The van der Waals surface area contributed by atoms with Crippen molar-refractivity contribution >= 4 is 35.5 Å². The fourth-order valence-corrected chi connectivity index (χ4v) is 1.32. The van der Waals surface area contributed by atoms with E-state index >= 15 is 0 Å². The van der Waals surface area contributed by atoms with Crippen LogP contribution in [0.5, 0.6) is 0 Å². The minimum absolute atomic E-state index is 0. The number of carbonyl (C=O) groups is 1. The zero-order chi connectivity index (χ0) is 8.10. The van der Waals surface area contributed by atoms with Crippen LogP contribution >= 0.6 is 0 Å². The van der Waals surface area contributed by atoms with Crippen LogP contribution in [0.1, 0.15) is 25.7 Å². The molecule has 12 heavy (non-hydrogen) atoms. The molecule has 1 rings (SSSR count). The summed E-state index contributed by atoms with van der Waals surface area (Å²) in [6.45, 7) is 1.70. The molecule has 0 radical (unpaired) electrons. The minimum atomic E-state index is -0.00722. The first kappa shape index (κ1) is 12.0. The number of rotatable bonds is 1. The first-order chi connectivity index (χ1) is 5.34. The molecule has 1 heterocycles. The molecule has 0 saturated carbocycles. The van der Waals surface area contributed by atoms with Crippen molar-refractivity contribution in [2.45, 2.75) is 25.7 Å². The van der Waals surface area contributed by atoms with E-state index in [0.717, 1.165) is 25.9 Å². The Morgan fingerprint density at radius 1 is 1.33 bits per heavy atom. The second-order valence-corrected chi connectivity index (χ2v) is 2.78. The van der Waals surface area contributed by atoms with Crippen LogP contribution in [0.3, 0.4) is 0 Å². The predicted molar refractivity (Wildman–Crippen MR) is 47.8 cm³/mol. The molecule has 1 fully saturated rings. The van der Waals surface area contributed by atoms with E-state index in [9.17, 15) is 4.79 Å². The molecule has 0 spiro atoms. The van der Waals surface area contributed by atoms with Crippen molar-refractivity contribution in [2.75, 3.05) is 13.1 Å². The molecule has 3 nitrogen and oxygen atoms in total. The van der Waals surface area contributed by atoms with Gasteiger partial charge in [0.1, 0.15) is 6.42 Å². The van der Waals surface area contributed by atoms with Gasteiger partial charge in [0.15, 0.2) is 0 Å². The van der Waals surface area contributed by atoms with E-state index in [-0.39, 0.29) is 41.9 Å². The topological polar surface area (TPSA) is 44.1 Å². The maximum atomic E-state index is 11.1. The Bertz CT molecular complexity index is 182. The summed E-state index contributed by atoms with van der Waals surface area (Å²) in [5, 5.41) is 8.27. The summed E-state index contributed by atoms with van der Waals surface area (Å²) in [6.07, 6.45) is 3.45. The summed E-state index contributed by atoms with van der Waals surface area (Å²) in [6, 6.07) is 1.87. The summed E-state index contributed by atoms with van der Waals surface area (Å²) < 4.78 is 0. The van der Waals surface area contributed by atoms with Gasteiger partial charge in [0, 0.05) is 13.1 Å². The summed E-state index contributed by atoms with van der Waals surface area (Å²) in [4.78, 5) is 12.9. The maximum absolute atomic E-state index is 11.1. The number of likely N-dealkylation sites (tertiary alicyclic amines) is 1. The van der Waals surface area contributed by atoms with E-state index < -0.39 is 0 Å². The molecule has 0 atom stereocenters. The molecule has 0 unspecified atom stereocenters. The summed E-state index contributed by atoms with van der Waals surface area (Å²) in [5.41, 5.74) is 0. The first-order valence-corrected chi connectivity index (χ1v) is 3.99. The third-order valence-corrected chi connectivity index (χ3v) is 1.94. The quantitative estimate of drug-likeness (QED) is 0.538. The van der Waals surface area contributed by atoms with Crippen molar-refractivity contribution in [1.29, 1.82) is 5.26 Å². The van der Waals surface area contributed by atoms with E-state index in [0.29, 0.717) is 0 Å². The molecule has 0 bridgehead atoms. The molecule has 0 aromatic carbocycles. The Morgan fingerprint density at radius 2 is 1.92 bits per heavy atom. The van der Waals surface area contributed by atoms with Crippen molar-refractivity contribution in [3.63, 3.8) is 0 Å². The van der Waals surface area contributed by atoms with Gasteiger partial charge in [-0.2, -0.15) is 5.26 Å². The van der Waals surface area contributed by atoms with Crippen molar-refractivity contribution in [1.82, 2.24) is 4.90 Å². The molecule has 1 saturated heterocycles. The van der Waals surface area contributed by atoms with Crippen LogP contribution in [0.2, 0.25) is 0 Å². The standard InChI is InChI=1S/C8H12N2O.Na.H/c9-5-4-8(11)10-6-2-1-3-7-10;;/h1-4,6-7H2;;. The average molecular weight is 176 g/mol. The fraction of sp³-hybridized carbons (Fsp3) is 0.750. The number of nitrogens with zero attached hydrogens (tertiary/aromatic N) is 2. The molecule has 62 valence electrons. The van der Waals surface area contributed by atoms with Crippen molar-refractivity contribution in [3.05, 3.63) is 0 Å². The Kier molecular flexibility index (Phi) is 6.45. The second kappa shape index (κ2) is 6.47. The zero-order valence-corrected chi connectivity index (χ0v) is 6.55. The van der Waals surface area contributed by atoms with E-state index in [1.807, 2.05) is 6.07 Å². The van der Waals surface area contributed by atoms with E-state index in [2.05, 4.69) is 0 Å². The SMILES string of the molecule is N#CCC(=O)N1CCCCC1.[NaH]. The summed E-state index contributed by atoms with van der Waals surface area (Å²) in [7, 11) is 0. The van der Waals surface area contributed by atoms with Gasteiger partial charge in [-0.05, 0) is 19.3 Å². The van der Waals surface area contributed by atoms with Gasteiger partial charge in [0.2, 0.25) is 5.91 Å². The van der Waals surface area contributed by atoms with E-state index in [4.69, 9.17) is 5.26 Å². The normalized spacial score (nSPS) is 16.1. The van der Waals surface area contributed by atoms with Gasteiger partial charge in [0.05, 0.1) is 6.07 Å². The molecule has 1 aliphatic heterocycles. The molecule has 1 aliphatic rings. The molecule has 0 N–H and O–H groups in total.